The van der Waals surface area contributed by atoms with E-state index in [1.807, 2.05) is 24.3 Å². The number of hydrogen-bond donors (Lipinski definition) is 0. The maximum Gasteiger partial charge on any atom is 0.338 e. The predicted octanol–water partition coefficient (Wildman–Crippen LogP) is 4.77. The number of rotatable bonds is 8. The van der Waals surface area contributed by atoms with Gasteiger partial charge in [0.25, 0.3) is 5.56 Å². The van der Waals surface area contributed by atoms with Crippen molar-refractivity contribution in [3.63, 3.8) is 0 Å². The first-order chi connectivity index (χ1) is 17.3. The molecule has 6 nitrogen and oxygen atoms in total. The molecule has 0 saturated heterocycles. The third kappa shape index (κ3) is 5.15. The van der Waals surface area contributed by atoms with Gasteiger partial charge < -0.3 is 9.47 Å². The van der Waals surface area contributed by atoms with Crippen LogP contribution in [0.1, 0.15) is 50.8 Å². The van der Waals surface area contributed by atoms with Gasteiger partial charge in [0.2, 0.25) is 0 Å². The Balaban J connectivity index is 1.87. The van der Waals surface area contributed by atoms with Crippen molar-refractivity contribution in [3.8, 4) is 5.75 Å². The summed E-state index contributed by atoms with van der Waals surface area (Å²) in [5.74, 6) is -0.377. The monoisotopic (exact) mass is 528 g/mol. The second kappa shape index (κ2) is 11.2. The summed E-state index contributed by atoms with van der Waals surface area (Å²) in [6.07, 6.45) is 3.39. The number of fused-ring (bicyclic) bond motifs is 1. The van der Waals surface area contributed by atoms with Crippen LogP contribution in [0.5, 0.6) is 5.75 Å². The van der Waals surface area contributed by atoms with E-state index in [2.05, 4.69) is 11.9 Å². The van der Waals surface area contributed by atoms with Crippen LogP contribution in [-0.2, 0) is 9.53 Å². The lowest BCUT2D eigenvalue weighted by atomic mass is 9.96. The SMILES string of the molecule is CCCCOc1ccc(C2C(C(=O)OCC)=C(C)N=c3s/c(=C\c4c(F)cccc4Cl)c(=O)n32)cc1. The lowest BCUT2D eigenvalue weighted by Crippen LogP contribution is -2.39. The zero-order valence-electron chi connectivity index (χ0n) is 20.2. The van der Waals surface area contributed by atoms with Gasteiger partial charge >= 0.3 is 5.97 Å². The fourth-order valence-corrected chi connectivity index (χ4v) is 5.21. The summed E-state index contributed by atoms with van der Waals surface area (Å²) < 4.78 is 27.2. The number of carbonyl (C=O) groups excluding carboxylic acids is 1. The molecular weight excluding hydrogens is 503 g/mol. The molecule has 188 valence electrons. The molecule has 0 fully saturated rings. The van der Waals surface area contributed by atoms with Crippen LogP contribution < -0.4 is 19.6 Å². The summed E-state index contributed by atoms with van der Waals surface area (Å²) in [6, 6.07) is 10.9. The molecule has 1 atom stereocenters. The van der Waals surface area contributed by atoms with Crippen molar-refractivity contribution in [1.29, 1.82) is 0 Å². The Labute approximate surface area is 217 Å². The van der Waals surface area contributed by atoms with Crippen LogP contribution in [0.4, 0.5) is 4.39 Å². The van der Waals surface area contributed by atoms with E-state index in [0.29, 0.717) is 28.4 Å². The van der Waals surface area contributed by atoms with Crippen molar-refractivity contribution >= 4 is 35.0 Å². The smallest absolute Gasteiger partial charge is 0.338 e. The number of nitrogens with zero attached hydrogens (tertiary/aromatic N) is 2. The number of allylic oxidation sites excluding steroid dienone is 1. The number of carbonyl (C=O) groups is 1. The Kier molecular flexibility index (Phi) is 8.06. The van der Waals surface area contributed by atoms with E-state index in [1.54, 1.807) is 19.9 Å². The van der Waals surface area contributed by atoms with Crippen molar-refractivity contribution in [1.82, 2.24) is 4.57 Å². The van der Waals surface area contributed by atoms with Gasteiger partial charge in [-0.2, -0.15) is 0 Å². The summed E-state index contributed by atoms with van der Waals surface area (Å²) in [5.41, 5.74) is 1.15. The quantitative estimate of drug-likeness (QED) is 0.312. The summed E-state index contributed by atoms with van der Waals surface area (Å²) in [7, 11) is 0. The molecule has 1 unspecified atom stereocenters. The standard InChI is InChI=1S/C27H26ClFN2O4S/c1-4-6-14-35-18-12-10-17(11-13-18)24-23(26(33)34-5-2)16(3)30-27-31(24)25(32)22(36-27)15-19-20(28)8-7-9-21(19)29/h7-13,15,24H,4-6,14H2,1-3H3/b22-15-. The fourth-order valence-electron chi connectivity index (χ4n) is 3.97. The Hall–Kier alpha value is -3.23. The van der Waals surface area contributed by atoms with E-state index >= 15 is 0 Å². The van der Waals surface area contributed by atoms with Gasteiger partial charge in [-0.05, 0) is 56.2 Å². The Morgan fingerprint density at radius 2 is 1.97 bits per heavy atom. The van der Waals surface area contributed by atoms with Gasteiger partial charge in [0.15, 0.2) is 4.80 Å². The molecule has 2 aromatic carbocycles. The number of aromatic nitrogens is 1. The molecule has 9 heteroatoms. The number of esters is 1. The van der Waals surface area contributed by atoms with Crippen LogP contribution >= 0.6 is 22.9 Å². The third-order valence-corrected chi connectivity index (χ3v) is 7.07. The first-order valence-corrected chi connectivity index (χ1v) is 12.9. The average molecular weight is 529 g/mol. The topological polar surface area (TPSA) is 69.9 Å². The number of ether oxygens (including phenoxy) is 2. The number of unbranched alkanes of at least 4 members (excludes halogenated alkanes) is 1. The molecule has 0 saturated carbocycles. The molecule has 0 bridgehead atoms. The lowest BCUT2D eigenvalue weighted by molar-refractivity contribution is -0.139. The Bertz CT molecular complexity index is 1470. The van der Waals surface area contributed by atoms with Gasteiger partial charge in [-0.1, -0.05) is 54.5 Å². The molecule has 2 heterocycles. The van der Waals surface area contributed by atoms with Crippen LogP contribution in [0.25, 0.3) is 6.08 Å². The molecule has 36 heavy (non-hydrogen) atoms. The molecule has 0 N–H and O–H groups in total. The minimum absolute atomic E-state index is 0.121. The molecule has 0 spiro atoms. The molecule has 1 aliphatic rings. The van der Waals surface area contributed by atoms with Gasteiger partial charge in [-0.15, -0.1) is 0 Å². The first-order valence-electron chi connectivity index (χ1n) is 11.7. The molecule has 0 radical (unpaired) electrons. The highest BCUT2D eigenvalue weighted by molar-refractivity contribution is 7.07. The maximum atomic E-state index is 14.4. The van der Waals surface area contributed by atoms with Gasteiger partial charge in [0, 0.05) is 5.56 Å². The van der Waals surface area contributed by atoms with Crippen LogP contribution in [-0.4, -0.2) is 23.8 Å². The maximum absolute atomic E-state index is 14.4. The highest BCUT2D eigenvalue weighted by Crippen LogP contribution is 2.31. The van der Waals surface area contributed by atoms with Gasteiger partial charge in [0.05, 0.1) is 40.1 Å². The number of halogens is 2. The van der Waals surface area contributed by atoms with E-state index < -0.39 is 23.4 Å². The Morgan fingerprint density at radius 3 is 2.64 bits per heavy atom. The van der Waals surface area contributed by atoms with Gasteiger partial charge in [-0.25, -0.2) is 14.2 Å². The van der Waals surface area contributed by atoms with Crippen molar-refractivity contribution in [2.45, 2.75) is 39.7 Å². The van der Waals surface area contributed by atoms with Crippen molar-refractivity contribution in [3.05, 3.63) is 95.4 Å². The normalized spacial score (nSPS) is 15.5. The van der Waals surface area contributed by atoms with Crippen molar-refractivity contribution in [2.24, 2.45) is 4.99 Å². The van der Waals surface area contributed by atoms with Gasteiger partial charge in [0.1, 0.15) is 11.6 Å². The van der Waals surface area contributed by atoms with Crippen LogP contribution in [0, 0.1) is 5.82 Å². The van der Waals surface area contributed by atoms with Crippen LogP contribution in [0.2, 0.25) is 5.02 Å². The second-order valence-corrected chi connectivity index (χ2v) is 9.62. The molecule has 0 aliphatic carbocycles. The third-order valence-electron chi connectivity index (χ3n) is 5.75. The van der Waals surface area contributed by atoms with E-state index in [9.17, 15) is 14.0 Å². The molecule has 1 aliphatic heterocycles. The molecule has 4 rings (SSSR count). The highest BCUT2D eigenvalue weighted by atomic mass is 35.5. The highest BCUT2D eigenvalue weighted by Gasteiger charge is 2.33. The first kappa shape index (κ1) is 25.9. The summed E-state index contributed by atoms with van der Waals surface area (Å²) in [4.78, 5) is 31.5. The van der Waals surface area contributed by atoms with Crippen LogP contribution in [0.15, 0.2) is 63.5 Å². The van der Waals surface area contributed by atoms with E-state index in [4.69, 9.17) is 21.1 Å². The van der Waals surface area contributed by atoms with Crippen LogP contribution in [0.3, 0.4) is 0 Å². The average Bonchev–Trinajstić information content (AvgIpc) is 3.16. The summed E-state index contributed by atoms with van der Waals surface area (Å²) in [6.45, 7) is 6.32. The molecule has 1 aromatic heterocycles. The summed E-state index contributed by atoms with van der Waals surface area (Å²) in [5, 5.41) is 0.194. The number of benzene rings is 2. The fraction of sp³-hybridized carbons (Fsp3) is 0.296. The molecular formula is C27H26ClFN2O4S. The number of hydrogen-bond acceptors (Lipinski definition) is 6. The molecule has 0 amide bonds. The second-order valence-electron chi connectivity index (χ2n) is 8.21. The lowest BCUT2D eigenvalue weighted by Gasteiger charge is -2.24. The largest absolute Gasteiger partial charge is 0.494 e. The van der Waals surface area contributed by atoms with E-state index in [1.165, 1.54) is 22.8 Å². The predicted molar refractivity (Wildman–Crippen MR) is 139 cm³/mol. The van der Waals surface area contributed by atoms with Gasteiger partial charge in [-0.3, -0.25) is 9.36 Å². The Morgan fingerprint density at radius 1 is 1.22 bits per heavy atom. The molecule has 3 aromatic rings. The van der Waals surface area contributed by atoms with E-state index in [-0.39, 0.29) is 27.3 Å². The zero-order chi connectivity index (χ0) is 25.8. The zero-order valence-corrected chi connectivity index (χ0v) is 21.8. The number of thiazole rings is 1. The van der Waals surface area contributed by atoms with Crippen molar-refractivity contribution < 1.29 is 18.7 Å². The van der Waals surface area contributed by atoms with E-state index in [0.717, 1.165) is 24.2 Å². The minimum Gasteiger partial charge on any atom is -0.494 e. The summed E-state index contributed by atoms with van der Waals surface area (Å²) >= 11 is 7.30. The van der Waals surface area contributed by atoms with Crippen molar-refractivity contribution in [2.75, 3.05) is 13.2 Å². The minimum atomic E-state index is -0.761.